The van der Waals surface area contributed by atoms with Gasteiger partial charge in [-0.25, -0.2) is 9.37 Å². The van der Waals surface area contributed by atoms with Crippen LogP contribution in [0.5, 0.6) is 0 Å². The lowest BCUT2D eigenvalue weighted by Crippen LogP contribution is -2.40. The van der Waals surface area contributed by atoms with Gasteiger partial charge in [-0.3, -0.25) is 4.79 Å². The van der Waals surface area contributed by atoms with Gasteiger partial charge >= 0.3 is 0 Å². The Hall–Kier alpha value is -1.69. The molecule has 1 aliphatic rings. The van der Waals surface area contributed by atoms with Crippen LogP contribution in [0.25, 0.3) is 0 Å². The highest BCUT2D eigenvalue weighted by atomic mass is 19.1. The second-order valence-electron chi connectivity index (χ2n) is 4.89. The first-order chi connectivity index (χ1) is 9.08. The van der Waals surface area contributed by atoms with Crippen molar-refractivity contribution in [3.63, 3.8) is 0 Å². The van der Waals surface area contributed by atoms with E-state index in [1.807, 2.05) is 31.1 Å². The quantitative estimate of drug-likeness (QED) is 0.831. The summed E-state index contributed by atoms with van der Waals surface area (Å²) in [5, 5.41) is 5.69. The van der Waals surface area contributed by atoms with Crippen molar-refractivity contribution < 1.29 is 9.18 Å². The number of pyridine rings is 1. The highest BCUT2D eigenvalue weighted by Gasteiger charge is 2.28. The summed E-state index contributed by atoms with van der Waals surface area (Å²) in [6.45, 7) is 0.656. The van der Waals surface area contributed by atoms with Gasteiger partial charge in [0.25, 0.3) is 0 Å². The number of halogens is 1. The van der Waals surface area contributed by atoms with Crippen LogP contribution in [0.1, 0.15) is 12.0 Å². The lowest BCUT2D eigenvalue weighted by molar-refractivity contribution is -0.123. The van der Waals surface area contributed by atoms with Gasteiger partial charge in [0.1, 0.15) is 12.0 Å². The molecule has 0 radical (unpaired) electrons. The van der Waals surface area contributed by atoms with Gasteiger partial charge in [0, 0.05) is 45.4 Å². The summed E-state index contributed by atoms with van der Waals surface area (Å²) in [5.74, 6) is 0.666. The zero-order valence-electron chi connectivity index (χ0n) is 11.2. The van der Waals surface area contributed by atoms with Gasteiger partial charge in [-0.2, -0.15) is 0 Å². The molecule has 2 atom stereocenters. The highest BCUT2D eigenvalue weighted by molar-refractivity contribution is 5.82. The molecule has 1 aromatic heterocycles. The number of aromatic nitrogens is 1. The molecule has 5 nitrogen and oxygen atoms in total. The van der Waals surface area contributed by atoms with Gasteiger partial charge in [-0.05, 0) is 6.07 Å². The van der Waals surface area contributed by atoms with E-state index in [9.17, 15) is 9.18 Å². The van der Waals surface area contributed by atoms with E-state index in [4.69, 9.17) is 0 Å². The summed E-state index contributed by atoms with van der Waals surface area (Å²) in [6, 6.07) is 3.33. The van der Waals surface area contributed by atoms with E-state index in [0.717, 1.165) is 11.4 Å². The molecular weight excluding hydrogens is 247 g/mol. The van der Waals surface area contributed by atoms with Crippen LogP contribution in [0.4, 0.5) is 10.2 Å². The summed E-state index contributed by atoms with van der Waals surface area (Å²) in [4.78, 5) is 18.0. The number of rotatable bonds is 4. The zero-order valence-corrected chi connectivity index (χ0v) is 11.2. The predicted octanol–water partition coefficient (Wildman–Crippen LogP) is 0.464. The first kappa shape index (κ1) is 13.7. The third kappa shape index (κ3) is 3.41. The topological polar surface area (TPSA) is 57.3 Å². The molecule has 2 N–H and O–H groups in total. The number of anilines is 1. The van der Waals surface area contributed by atoms with E-state index >= 15 is 0 Å². The maximum atomic E-state index is 13.0. The molecule has 2 heterocycles. The lowest BCUT2D eigenvalue weighted by Gasteiger charge is -2.17. The van der Waals surface area contributed by atoms with Crippen LogP contribution in [0, 0.1) is 0 Å². The average molecular weight is 266 g/mol. The van der Waals surface area contributed by atoms with Crippen LogP contribution in [-0.4, -0.2) is 43.7 Å². The normalized spacial score (nSPS) is 22.3. The van der Waals surface area contributed by atoms with Crippen molar-refractivity contribution in [3.05, 3.63) is 23.9 Å². The first-order valence-electron chi connectivity index (χ1n) is 6.34. The van der Waals surface area contributed by atoms with E-state index in [1.165, 1.54) is 0 Å². The number of carbonyl (C=O) groups excluding carboxylic acids is 1. The molecule has 2 rings (SSSR count). The van der Waals surface area contributed by atoms with E-state index < -0.39 is 12.2 Å². The van der Waals surface area contributed by atoms with Gasteiger partial charge in [0.05, 0.1) is 6.04 Å². The minimum atomic E-state index is -0.925. The Morgan fingerprint density at radius 3 is 3.05 bits per heavy atom. The van der Waals surface area contributed by atoms with Crippen LogP contribution >= 0.6 is 0 Å². The molecule has 19 heavy (non-hydrogen) atoms. The summed E-state index contributed by atoms with van der Waals surface area (Å²) in [6.07, 6.45) is 1.04. The number of alkyl halides is 1. The molecule has 0 aromatic carbocycles. The smallest absolute Gasteiger partial charge is 0.237 e. The summed E-state index contributed by atoms with van der Waals surface area (Å²) in [7, 11) is 3.81. The minimum absolute atomic E-state index is 0.159. The van der Waals surface area contributed by atoms with E-state index in [1.54, 1.807) is 6.20 Å². The molecule has 1 fully saturated rings. The predicted molar refractivity (Wildman–Crippen MR) is 71.7 cm³/mol. The first-order valence-corrected chi connectivity index (χ1v) is 6.34. The molecule has 0 aliphatic carbocycles. The Kier molecular flexibility index (Phi) is 4.31. The molecule has 6 heteroatoms. The van der Waals surface area contributed by atoms with Crippen LogP contribution in [0.2, 0.25) is 0 Å². The Balaban J connectivity index is 1.93. The van der Waals surface area contributed by atoms with Crippen molar-refractivity contribution >= 4 is 11.7 Å². The van der Waals surface area contributed by atoms with Crippen LogP contribution in [-0.2, 0) is 11.3 Å². The van der Waals surface area contributed by atoms with Crippen molar-refractivity contribution in [1.82, 2.24) is 15.6 Å². The standard InChI is InChI=1S/C13H19FN4O/c1-18(2)12-9(4-3-5-15-12)7-17-13(19)11-6-10(14)8-16-11/h3-5,10-11,16H,6-8H2,1-2H3,(H,17,19)/t10-,11+/m0/s1. The van der Waals surface area contributed by atoms with Gasteiger partial charge in [0.2, 0.25) is 5.91 Å². The average Bonchev–Trinajstić information content (AvgIpc) is 2.83. The number of carbonyl (C=O) groups is 1. The molecule has 0 saturated carbocycles. The number of nitrogens with one attached hydrogen (secondary N) is 2. The van der Waals surface area contributed by atoms with Crippen molar-refractivity contribution in [2.75, 3.05) is 25.5 Å². The van der Waals surface area contributed by atoms with Gasteiger partial charge in [-0.1, -0.05) is 6.07 Å². The van der Waals surface area contributed by atoms with Crippen molar-refractivity contribution in [1.29, 1.82) is 0 Å². The van der Waals surface area contributed by atoms with Gasteiger partial charge in [0.15, 0.2) is 0 Å². The highest BCUT2D eigenvalue weighted by Crippen LogP contribution is 2.14. The van der Waals surface area contributed by atoms with Crippen molar-refractivity contribution in [3.8, 4) is 0 Å². The number of hydrogen-bond acceptors (Lipinski definition) is 4. The maximum Gasteiger partial charge on any atom is 0.237 e. The van der Waals surface area contributed by atoms with Crippen molar-refractivity contribution in [2.45, 2.75) is 25.2 Å². The van der Waals surface area contributed by atoms with E-state index in [-0.39, 0.29) is 18.9 Å². The molecule has 1 amide bonds. The van der Waals surface area contributed by atoms with Crippen LogP contribution < -0.4 is 15.5 Å². The lowest BCUT2D eigenvalue weighted by atomic mass is 10.2. The number of amides is 1. The molecule has 1 aliphatic heterocycles. The van der Waals surface area contributed by atoms with Gasteiger partial charge < -0.3 is 15.5 Å². The van der Waals surface area contributed by atoms with Gasteiger partial charge in [-0.15, -0.1) is 0 Å². The molecule has 0 unspecified atom stereocenters. The Bertz CT molecular complexity index is 452. The molecule has 1 aromatic rings. The number of hydrogen-bond donors (Lipinski definition) is 2. The monoisotopic (exact) mass is 266 g/mol. The van der Waals surface area contributed by atoms with E-state index in [2.05, 4.69) is 15.6 Å². The largest absolute Gasteiger partial charge is 0.362 e. The third-order valence-electron chi connectivity index (χ3n) is 3.14. The summed E-state index contributed by atoms with van der Waals surface area (Å²) in [5.41, 5.74) is 0.940. The SMILES string of the molecule is CN(C)c1ncccc1CNC(=O)[C@H]1C[C@H](F)CN1. The Labute approximate surface area is 112 Å². The second-order valence-corrected chi connectivity index (χ2v) is 4.89. The molecule has 0 spiro atoms. The minimum Gasteiger partial charge on any atom is -0.362 e. The maximum absolute atomic E-state index is 13.0. The fourth-order valence-corrected chi connectivity index (χ4v) is 2.17. The number of nitrogens with zero attached hydrogens (tertiary/aromatic N) is 2. The van der Waals surface area contributed by atoms with Crippen LogP contribution in [0.3, 0.4) is 0 Å². The fraction of sp³-hybridized carbons (Fsp3) is 0.538. The van der Waals surface area contributed by atoms with Crippen molar-refractivity contribution in [2.24, 2.45) is 0 Å². The zero-order chi connectivity index (χ0) is 13.8. The second kappa shape index (κ2) is 5.97. The molecule has 104 valence electrons. The molecule has 1 saturated heterocycles. The summed E-state index contributed by atoms with van der Waals surface area (Å²) >= 11 is 0. The fourth-order valence-electron chi connectivity index (χ4n) is 2.17. The van der Waals surface area contributed by atoms with E-state index in [0.29, 0.717) is 6.54 Å². The van der Waals surface area contributed by atoms with Crippen LogP contribution in [0.15, 0.2) is 18.3 Å². The Morgan fingerprint density at radius 2 is 2.42 bits per heavy atom. The molecule has 0 bridgehead atoms. The Morgan fingerprint density at radius 1 is 1.63 bits per heavy atom. The summed E-state index contributed by atoms with van der Waals surface area (Å²) < 4.78 is 13.0. The molecular formula is C13H19FN4O. The third-order valence-corrected chi connectivity index (χ3v) is 3.14.